The second-order valence-electron chi connectivity index (χ2n) is 7.00. The van der Waals surface area contributed by atoms with E-state index < -0.39 is 0 Å². The van der Waals surface area contributed by atoms with Gasteiger partial charge in [-0.2, -0.15) is 5.10 Å². The van der Waals surface area contributed by atoms with Crippen molar-refractivity contribution >= 4 is 17.3 Å². The van der Waals surface area contributed by atoms with E-state index in [0.717, 1.165) is 34.7 Å². The van der Waals surface area contributed by atoms with Crippen LogP contribution in [0.25, 0.3) is 0 Å². The molecule has 1 N–H and O–H groups in total. The van der Waals surface area contributed by atoms with E-state index in [1.807, 2.05) is 66.9 Å². The number of nitrogens with one attached hydrogen (secondary N) is 1. The Morgan fingerprint density at radius 2 is 1.78 bits per heavy atom. The number of carbonyl (C=O) groups excluding carboxylic acids is 1. The normalized spacial score (nSPS) is 16.2. The molecular formula is C22H24N4O. The van der Waals surface area contributed by atoms with Crippen molar-refractivity contribution in [2.45, 2.75) is 33.4 Å². The van der Waals surface area contributed by atoms with Gasteiger partial charge in [0, 0.05) is 29.7 Å². The highest BCUT2D eigenvalue weighted by Crippen LogP contribution is 2.38. The third kappa shape index (κ3) is 2.79. The minimum absolute atomic E-state index is 0.00116. The summed E-state index contributed by atoms with van der Waals surface area (Å²) in [5.41, 5.74) is 6.69. The maximum Gasteiger partial charge on any atom is 0.262 e. The van der Waals surface area contributed by atoms with E-state index in [0.29, 0.717) is 5.56 Å². The maximum absolute atomic E-state index is 13.4. The third-order valence-electron chi connectivity index (χ3n) is 5.39. The fourth-order valence-electron chi connectivity index (χ4n) is 3.80. The summed E-state index contributed by atoms with van der Waals surface area (Å²) in [6.07, 6.45) is 0.674. The molecule has 1 amide bonds. The number of para-hydroxylation sites is 1. The van der Waals surface area contributed by atoms with Gasteiger partial charge < -0.3 is 5.32 Å². The van der Waals surface area contributed by atoms with Gasteiger partial charge in [-0.3, -0.25) is 14.4 Å². The zero-order valence-corrected chi connectivity index (χ0v) is 16.2. The lowest BCUT2D eigenvalue weighted by Gasteiger charge is -2.38. The lowest BCUT2D eigenvalue weighted by Crippen LogP contribution is -2.43. The van der Waals surface area contributed by atoms with E-state index in [1.165, 1.54) is 5.56 Å². The smallest absolute Gasteiger partial charge is 0.262 e. The van der Waals surface area contributed by atoms with Crippen molar-refractivity contribution in [1.82, 2.24) is 9.78 Å². The van der Waals surface area contributed by atoms with E-state index in [4.69, 9.17) is 0 Å². The Hall–Kier alpha value is -3.08. The van der Waals surface area contributed by atoms with Crippen LogP contribution in [0.3, 0.4) is 0 Å². The van der Waals surface area contributed by atoms with Crippen molar-refractivity contribution in [3.05, 3.63) is 76.6 Å². The summed E-state index contributed by atoms with van der Waals surface area (Å²) >= 11 is 0. The van der Waals surface area contributed by atoms with E-state index in [-0.39, 0.29) is 12.1 Å². The Morgan fingerprint density at radius 3 is 2.41 bits per heavy atom. The van der Waals surface area contributed by atoms with Crippen LogP contribution in [0.5, 0.6) is 0 Å². The average molecular weight is 360 g/mol. The van der Waals surface area contributed by atoms with Gasteiger partial charge in [0.2, 0.25) is 0 Å². The van der Waals surface area contributed by atoms with Crippen molar-refractivity contribution in [3.8, 4) is 0 Å². The molecular weight excluding hydrogens is 336 g/mol. The molecule has 0 spiro atoms. The molecule has 5 nitrogen and oxygen atoms in total. The quantitative estimate of drug-likeness (QED) is 0.754. The van der Waals surface area contributed by atoms with E-state index in [9.17, 15) is 4.79 Å². The molecule has 0 aliphatic carbocycles. The van der Waals surface area contributed by atoms with Crippen molar-refractivity contribution in [1.29, 1.82) is 0 Å². The molecule has 0 saturated heterocycles. The Labute approximate surface area is 159 Å². The predicted molar refractivity (Wildman–Crippen MR) is 108 cm³/mol. The van der Waals surface area contributed by atoms with Gasteiger partial charge in [-0.25, -0.2) is 0 Å². The van der Waals surface area contributed by atoms with Crippen LogP contribution < -0.4 is 10.2 Å². The number of benzene rings is 2. The van der Waals surface area contributed by atoms with Gasteiger partial charge in [0.1, 0.15) is 6.17 Å². The fourth-order valence-corrected chi connectivity index (χ4v) is 3.80. The van der Waals surface area contributed by atoms with Crippen LogP contribution >= 0.6 is 0 Å². The molecule has 27 heavy (non-hydrogen) atoms. The number of rotatable bonds is 3. The lowest BCUT2D eigenvalue weighted by molar-refractivity contribution is 0.0975. The van der Waals surface area contributed by atoms with Crippen molar-refractivity contribution in [2.24, 2.45) is 7.05 Å². The molecule has 3 aromatic rings. The van der Waals surface area contributed by atoms with Crippen LogP contribution in [0.15, 0.2) is 48.5 Å². The van der Waals surface area contributed by atoms with Gasteiger partial charge in [0.05, 0.1) is 11.3 Å². The van der Waals surface area contributed by atoms with Crippen LogP contribution in [-0.4, -0.2) is 15.7 Å². The van der Waals surface area contributed by atoms with Gasteiger partial charge in [-0.1, -0.05) is 31.2 Å². The minimum atomic E-state index is -0.298. The lowest BCUT2D eigenvalue weighted by atomic mass is 10.0. The first-order chi connectivity index (χ1) is 13.0. The fraction of sp³-hybridized carbons (Fsp3) is 0.273. The number of fused-ring (bicyclic) bond motifs is 1. The van der Waals surface area contributed by atoms with Crippen molar-refractivity contribution < 1.29 is 4.79 Å². The standard InChI is InChI=1S/C22H24N4O/c1-5-16-10-12-17(13-11-16)26-21(20-14(2)24-25(4)15(20)3)23-19-9-7-6-8-18(19)22(26)27/h6-13,21,23H,5H2,1-4H3/t21-/m0/s1. The summed E-state index contributed by atoms with van der Waals surface area (Å²) < 4.78 is 1.87. The summed E-state index contributed by atoms with van der Waals surface area (Å²) in [4.78, 5) is 15.3. The molecule has 1 aromatic heterocycles. The Morgan fingerprint density at radius 1 is 1.07 bits per heavy atom. The van der Waals surface area contributed by atoms with Gasteiger partial charge >= 0.3 is 0 Å². The molecule has 0 fully saturated rings. The first kappa shape index (κ1) is 17.3. The highest BCUT2D eigenvalue weighted by molar-refractivity contribution is 6.12. The van der Waals surface area contributed by atoms with Crippen LogP contribution in [-0.2, 0) is 13.5 Å². The second kappa shape index (κ2) is 6.58. The molecule has 1 aliphatic rings. The number of aromatic nitrogens is 2. The Balaban J connectivity index is 1.89. The molecule has 1 aliphatic heterocycles. The van der Waals surface area contributed by atoms with Gasteiger partial charge in [0.25, 0.3) is 5.91 Å². The Kier molecular flexibility index (Phi) is 4.22. The zero-order valence-electron chi connectivity index (χ0n) is 16.2. The minimum Gasteiger partial charge on any atom is -0.360 e. The van der Waals surface area contributed by atoms with Crippen molar-refractivity contribution in [2.75, 3.05) is 10.2 Å². The first-order valence-corrected chi connectivity index (χ1v) is 9.29. The number of hydrogen-bond donors (Lipinski definition) is 1. The van der Waals surface area contributed by atoms with Crippen molar-refractivity contribution in [3.63, 3.8) is 0 Å². The molecule has 5 heteroatoms. The monoisotopic (exact) mass is 360 g/mol. The molecule has 0 unspecified atom stereocenters. The maximum atomic E-state index is 13.4. The number of anilines is 2. The largest absolute Gasteiger partial charge is 0.360 e. The van der Waals surface area contributed by atoms with E-state index in [2.05, 4.69) is 29.5 Å². The van der Waals surface area contributed by atoms with Crippen LogP contribution in [0, 0.1) is 13.8 Å². The highest BCUT2D eigenvalue weighted by Gasteiger charge is 2.36. The first-order valence-electron chi connectivity index (χ1n) is 9.29. The number of hydrogen-bond acceptors (Lipinski definition) is 3. The summed E-state index contributed by atoms with van der Waals surface area (Å²) in [5, 5.41) is 8.13. The van der Waals surface area contributed by atoms with Gasteiger partial charge in [0.15, 0.2) is 0 Å². The molecule has 138 valence electrons. The predicted octanol–water partition coefficient (Wildman–Crippen LogP) is 4.37. The summed E-state index contributed by atoms with van der Waals surface area (Å²) in [6.45, 7) is 6.16. The molecule has 0 saturated carbocycles. The summed E-state index contributed by atoms with van der Waals surface area (Å²) in [7, 11) is 1.94. The molecule has 0 radical (unpaired) electrons. The van der Waals surface area contributed by atoms with E-state index >= 15 is 0 Å². The second-order valence-corrected chi connectivity index (χ2v) is 7.00. The van der Waals surface area contributed by atoms with E-state index in [1.54, 1.807) is 0 Å². The SMILES string of the molecule is CCc1ccc(N2C(=O)c3ccccc3N[C@@H]2c2c(C)nn(C)c2C)cc1. The molecule has 1 atom stereocenters. The molecule has 0 bridgehead atoms. The number of aryl methyl sites for hydroxylation is 3. The van der Waals surface area contributed by atoms with Crippen LogP contribution in [0.1, 0.15) is 46.0 Å². The Bertz CT molecular complexity index is 1000. The molecule has 2 aromatic carbocycles. The number of carbonyl (C=O) groups is 1. The van der Waals surface area contributed by atoms with Gasteiger partial charge in [-0.05, 0) is 50.1 Å². The summed E-state index contributed by atoms with van der Waals surface area (Å²) in [6, 6.07) is 15.9. The summed E-state index contributed by atoms with van der Waals surface area (Å²) in [5.74, 6) is 0.00116. The number of nitrogens with zero attached hydrogens (tertiary/aromatic N) is 3. The topological polar surface area (TPSA) is 50.2 Å². The molecule has 2 heterocycles. The average Bonchev–Trinajstić information content (AvgIpc) is 2.93. The molecule has 4 rings (SSSR count). The van der Waals surface area contributed by atoms with Gasteiger partial charge in [-0.15, -0.1) is 0 Å². The highest BCUT2D eigenvalue weighted by atomic mass is 16.2. The number of amides is 1. The zero-order chi connectivity index (χ0) is 19.1. The van der Waals surface area contributed by atoms with Crippen LogP contribution in [0.4, 0.5) is 11.4 Å². The third-order valence-corrected chi connectivity index (χ3v) is 5.39. The van der Waals surface area contributed by atoms with Crippen LogP contribution in [0.2, 0.25) is 0 Å².